The molecule has 1 atom stereocenters. The SMILES string of the molecule is CC1(c2noc(CCN)n2)CCCS(=O)(=O)C1. The number of hydrogen-bond acceptors (Lipinski definition) is 6. The van der Waals surface area contributed by atoms with Crippen molar-refractivity contribution in [3.8, 4) is 0 Å². The van der Waals surface area contributed by atoms with Crippen molar-refractivity contribution in [3.05, 3.63) is 11.7 Å². The summed E-state index contributed by atoms with van der Waals surface area (Å²) in [5, 5.41) is 3.89. The van der Waals surface area contributed by atoms with Gasteiger partial charge in [0.1, 0.15) is 0 Å². The normalized spacial score (nSPS) is 28.1. The van der Waals surface area contributed by atoms with Crippen LogP contribution in [0.2, 0.25) is 0 Å². The van der Waals surface area contributed by atoms with Gasteiger partial charge in [-0.3, -0.25) is 0 Å². The van der Waals surface area contributed by atoms with Gasteiger partial charge in [0.05, 0.1) is 11.5 Å². The van der Waals surface area contributed by atoms with Gasteiger partial charge in [0.25, 0.3) is 0 Å². The number of nitrogens with zero attached hydrogens (tertiary/aromatic N) is 2. The second-order valence-corrected chi connectivity index (χ2v) is 6.99. The van der Waals surface area contributed by atoms with Crippen LogP contribution in [0.15, 0.2) is 4.52 Å². The number of aromatic nitrogens is 2. The third-order valence-corrected chi connectivity index (χ3v) is 5.08. The Morgan fingerprint density at radius 2 is 2.29 bits per heavy atom. The molecule has 0 bridgehead atoms. The van der Waals surface area contributed by atoms with E-state index in [1.54, 1.807) is 0 Å². The Bertz CT molecular complexity index is 497. The molecule has 7 heteroatoms. The first-order chi connectivity index (χ1) is 7.95. The van der Waals surface area contributed by atoms with E-state index in [1.807, 2.05) is 6.92 Å². The zero-order valence-electron chi connectivity index (χ0n) is 9.85. The molecule has 1 aromatic rings. The summed E-state index contributed by atoms with van der Waals surface area (Å²) < 4.78 is 28.4. The summed E-state index contributed by atoms with van der Waals surface area (Å²) >= 11 is 0. The molecule has 0 amide bonds. The summed E-state index contributed by atoms with van der Waals surface area (Å²) in [7, 11) is -2.99. The van der Waals surface area contributed by atoms with Crippen molar-refractivity contribution >= 4 is 9.84 Å². The minimum atomic E-state index is -2.99. The second kappa shape index (κ2) is 4.38. The summed E-state index contributed by atoms with van der Waals surface area (Å²) in [5.41, 5.74) is 4.88. The fraction of sp³-hybridized carbons (Fsp3) is 0.800. The van der Waals surface area contributed by atoms with Gasteiger partial charge < -0.3 is 10.3 Å². The maximum Gasteiger partial charge on any atom is 0.227 e. The van der Waals surface area contributed by atoms with Crippen molar-refractivity contribution in [2.75, 3.05) is 18.1 Å². The van der Waals surface area contributed by atoms with Crippen molar-refractivity contribution in [2.45, 2.75) is 31.6 Å². The van der Waals surface area contributed by atoms with Crippen LogP contribution in [0.5, 0.6) is 0 Å². The van der Waals surface area contributed by atoms with Crippen LogP contribution >= 0.6 is 0 Å². The van der Waals surface area contributed by atoms with Crippen LogP contribution in [-0.4, -0.2) is 36.6 Å². The van der Waals surface area contributed by atoms with Crippen molar-refractivity contribution in [3.63, 3.8) is 0 Å². The standard InChI is InChI=1S/C10H17N3O3S/c1-10(4-2-6-17(14,15)7-10)9-12-8(3-5-11)16-13-9/h2-7,11H2,1H3. The second-order valence-electron chi connectivity index (χ2n) is 4.81. The summed E-state index contributed by atoms with van der Waals surface area (Å²) in [4.78, 5) is 4.24. The molecule has 0 radical (unpaired) electrons. The van der Waals surface area contributed by atoms with Gasteiger partial charge in [-0.05, 0) is 12.8 Å². The molecule has 1 aliphatic rings. The number of hydrogen-bond donors (Lipinski definition) is 1. The molecule has 0 saturated carbocycles. The Labute approximate surface area is 100 Å². The van der Waals surface area contributed by atoms with Crippen molar-refractivity contribution in [1.82, 2.24) is 10.1 Å². The molecule has 96 valence electrons. The minimum Gasteiger partial charge on any atom is -0.339 e. The van der Waals surface area contributed by atoms with Crippen molar-refractivity contribution < 1.29 is 12.9 Å². The van der Waals surface area contributed by atoms with E-state index < -0.39 is 15.3 Å². The Balaban J connectivity index is 2.24. The van der Waals surface area contributed by atoms with Crippen molar-refractivity contribution in [2.24, 2.45) is 5.73 Å². The molecule has 0 aromatic carbocycles. The molecule has 6 nitrogen and oxygen atoms in total. The largest absolute Gasteiger partial charge is 0.339 e. The third-order valence-electron chi connectivity index (χ3n) is 3.09. The zero-order valence-corrected chi connectivity index (χ0v) is 10.7. The fourth-order valence-corrected chi connectivity index (χ4v) is 4.19. The molecule has 1 fully saturated rings. The zero-order chi connectivity index (χ0) is 12.5. The molecular formula is C10H17N3O3S. The van der Waals surface area contributed by atoms with E-state index >= 15 is 0 Å². The average Bonchev–Trinajstić information content (AvgIpc) is 2.65. The van der Waals surface area contributed by atoms with Gasteiger partial charge >= 0.3 is 0 Å². The molecule has 0 spiro atoms. The lowest BCUT2D eigenvalue weighted by atomic mass is 9.86. The Kier molecular flexibility index (Phi) is 3.22. The van der Waals surface area contributed by atoms with Gasteiger partial charge in [-0.1, -0.05) is 12.1 Å². The maximum atomic E-state index is 11.7. The fourth-order valence-electron chi connectivity index (χ4n) is 2.21. The molecule has 17 heavy (non-hydrogen) atoms. The van der Waals surface area contributed by atoms with Crippen LogP contribution in [0.1, 0.15) is 31.5 Å². The number of sulfone groups is 1. The first kappa shape index (κ1) is 12.5. The van der Waals surface area contributed by atoms with Gasteiger partial charge in [-0.25, -0.2) is 8.42 Å². The topological polar surface area (TPSA) is 99.1 Å². The van der Waals surface area contributed by atoms with Crippen LogP contribution in [-0.2, 0) is 21.7 Å². The molecule has 2 heterocycles. The highest BCUT2D eigenvalue weighted by Crippen LogP contribution is 2.33. The minimum absolute atomic E-state index is 0.0988. The Morgan fingerprint density at radius 1 is 1.53 bits per heavy atom. The molecule has 1 unspecified atom stereocenters. The van der Waals surface area contributed by atoms with Crippen molar-refractivity contribution in [1.29, 1.82) is 0 Å². The van der Waals surface area contributed by atoms with Gasteiger partial charge in [0.15, 0.2) is 15.7 Å². The third kappa shape index (κ3) is 2.66. The highest BCUT2D eigenvalue weighted by molar-refractivity contribution is 7.91. The van der Waals surface area contributed by atoms with Gasteiger partial charge in [-0.2, -0.15) is 4.98 Å². The Hall–Kier alpha value is -0.950. The van der Waals surface area contributed by atoms with Gasteiger partial charge in [-0.15, -0.1) is 0 Å². The number of nitrogens with two attached hydrogens (primary N) is 1. The molecule has 2 rings (SSSR count). The first-order valence-electron chi connectivity index (χ1n) is 5.69. The van der Waals surface area contributed by atoms with E-state index in [4.69, 9.17) is 10.3 Å². The quantitative estimate of drug-likeness (QED) is 0.822. The highest BCUT2D eigenvalue weighted by Gasteiger charge is 2.40. The van der Waals surface area contributed by atoms with Crippen LogP contribution in [0.4, 0.5) is 0 Å². The van der Waals surface area contributed by atoms with E-state index in [1.165, 1.54) is 0 Å². The number of rotatable bonds is 3. The van der Waals surface area contributed by atoms with E-state index in [0.29, 0.717) is 31.1 Å². The van der Waals surface area contributed by atoms with E-state index in [2.05, 4.69) is 10.1 Å². The Morgan fingerprint density at radius 3 is 2.94 bits per heavy atom. The van der Waals surface area contributed by atoms with E-state index in [9.17, 15) is 8.42 Å². The predicted octanol–water partition coefficient (Wildman–Crippen LogP) is 0.0371. The summed E-state index contributed by atoms with van der Waals surface area (Å²) in [6, 6.07) is 0. The molecule has 1 saturated heterocycles. The van der Waals surface area contributed by atoms with Crippen LogP contribution < -0.4 is 5.73 Å². The summed E-state index contributed by atoms with van der Waals surface area (Å²) in [6.45, 7) is 2.32. The molecule has 1 aromatic heterocycles. The van der Waals surface area contributed by atoms with Crippen LogP contribution in [0, 0.1) is 0 Å². The van der Waals surface area contributed by atoms with E-state index in [-0.39, 0.29) is 11.5 Å². The molecule has 2 N–H and O–H groups in total. The monoisotopic (exact) mass is 259 g/mol. The van der Waals surface area contributed by atoms with Gasteiger partial charge in [0.2, 0.25) is 5.89 Å². The summed E-state index contributed by atoms with van der Waals surface area (Å²) in [6.07, 6.45) is 1.95. The molecule has 1 aliphatic heterocycles. The highest BCUT2D eigenvalue weighted by atomic mass is 32.2. The van der Waals surface area contributed by atoms with Crippen LogP contribution in [0.3, 0.4) is 0 Å². The molecule has 0 aliphatic carbocycles. The lowest BCUT2D eigenvalue weighted by molar-refractivity contribution is 0.350. The summed E-state index contributed by atoms with van der Waals surface area (Å²) in [5.74, 6) is 1.33. The van der Waals surface area contributed by atoms with Gasteiger partial charge in [0, 0.05) is 18.4 Å². The predicted molar refractivity (Wildman–Crippen MR) is 62.3 cm³/mol. The first-order valence-corrected chi connectivity index (χ1v) is 7.51. The molecular weight excluding hydrogens is 242 g/mol. The van der Waals surface area contributed by atoms with Crippen LogP contribution in [0.25, 0.3) is 0 Å². The maximum absolute atomic E-state index is 11.7. The lowest BCUT2D eigenvalue weighted by Crippen LogP contribution is -2.38. The van der Waals surface area contributed by atoms with E-state index in [0.717, 1.165) is 6.42 Å². The average molecular weight is 259 g/mol. The smallest absolute Gasteiger partial charge is 0.227 e. The lowest BCUT2D eigenvalue weighted by Gasteiger charge is -2.29.